The third kappa shape index (κ3) is 7.52. The van der Waals surface area contributed by atoms with Crippen LogP contribution in [0.5, 0.6) is 0 Å². The van der Waals surface area contributed by atoms with Gasteiger partial charge in [-0.1, -0.05) is 13.8 Å². The van der Waals surface area contributed by atoms with Crippen LogP contribution in [0.3, 0.4) is 0 Å². The Kier molecular flexibility index (Phi) is 6.73. The molecule has 1 heterocycles. The normalized spacial score (nSPS) is 21.6. The van der Waals surface area contributed by atoms with Gasteiger partial charge in [-0.15, -0.1) is 0 Å². The van der Waals surface area contributed by atoms with Gasteiger partial charge < -0.3 is 15.7 Å². The van der Waals surface area contributed by atoms with Crippen LogP contribution in [-0.4, -0.2) is 60.5 Å². The number of nitrogens with zero attached hydrogens (tertiary/aromatic N) is 1. The highest BCUT2D eigenvalue weighted by Gasteiger charge is 2.34. The van der Waals surface area contributed by atoms with Crippen LogP contribution in [0, 0.1) is 5.92 Å². The van der Waals surface area contributed by atoms with Crippen LogP contribution in [0.15, 0.2) is 0 Å². The van der Waals surface area contributed by atoms with E-state index in [4.69, 9.17) is 0 Å². The second-order valence-corrected chi connectivity index (χ2v) is 5.96. The molecule has 1 aliphatic rings. The fourth-order valence-corrected chi connectivity index (χ4v) is 2.51. The smallest absolute Gasteiger partial charge is 0.394 e. The molecule has 0 aromatic carbocycles. The summed E-state index contributed by atoms with van der Waals surface area (Å²) in [6.45, 7) is 3.37. The Bertz CT molecular complexity index is 337. The molecule has 0 radical (unpaired) electrons. The maximum absolute atomic E-state index is 12.3. The molecule has 5 nitrogen and oxygen atoms in total. The lowest BCUT2D eigenvalue weighted by atomic mass is 10.0. The summed E-state index contributed by atoms with van der Waals surface area (Å²) in [6, 6.07) is -1.06. The van der Waals surface area contributed by atoms with Crippen molar-refractivity contribution >= 4 is 6.03 Å². The van der Waals surface area contributed by atoms with E-state index in [0.717, 1.165) is 0 Å². The first kappa shape index (κ1) is 18.0. The number of amides is 2. The molecule has 8 heteroatoms. The number of urea groups is 1. The summed E-state index contributed by atoms with van der Waals surface area (Å²) in [7, 11) is 0. The first-order chi connectivity index (χ1) is 9.69. The van der Waals surface area contributed by atoms with Crippen LogP contribution in [-0.2, 0) is 0 Å². The number of hydrogen-bond donors (Lipinski definition) is 3. The first-order valence-corrected chi connectivity index (χ1v) is 7.16. The zero-order valence-corrected chi connectivity index (χ0v) is 12.4. The fraction of sp³-hybridized carbons (Fsp3) is 0.923. The lowest BCUT2D eigenvalue weighted by Gasteiger charge is -2.21. The molecule has 1 saturated heterocycles. The van der Waals surface area contributed by atoms with Crippen molar-refractivity contribution in [3.63, 3.8) is 0 Å². The molecule has 0 spiro atoms. The highest BCUT2D eigenvalue weighted by molar-refractivity contribution is 5.74. The van der Waals surface area contributed by atoms with Gasteiger partial charge in [-0.3, -0.25) is 4.90 Å². The summed E-state index contributed by atoms with van der Waals surface area (Å²) in [4.78, 5) is 13.0. The SMILES string of the molecule is CC(C)CC(CO)NC(=O)NC1CCN(CC(F)(F)F)C1. The third-order valence-corrected chi connectivity index (χ3v) is 3.32. The predicted molar refractivity (Wildman–Crippen MR) is 72.9 cm³/mol. The van der Waals surface area contributed by atoms with Crippen LogP contribution in [0.4, 0.5) is 18.0 Å². The van der Waals surface area contributed by atoms with Gasteiger partial charge in [0, 0.05) is 19.1 Å². The van der Waals surface area contributed by atoms with Crippen LogP contribution in [0.2, 0.25) is 0 Å². The van der Waals surface area contributed by atoms with Crippen molar-refractivity contribution in [2.75, 3.05) is 26.2 Å². The Labute approximate surface area is 122 Å². The Morgan fingerprint density at radius 1 is 1.43 bits per heavy atom. The zero-order valence-electron chi connectivity index (χ0n) is 12.4. The molecule has 0 aromatic rings. The van der Waals surface area contributed by atoms with Gasteiger partial charge in [0.15, 0.2) is 0 Å². The Morgan fingerprint density at radius 2 is 2.10 bits per heavy atom. The molecule has 2 unspecified atom stereocenters. The number of halogens is 3. The van der Waals surface area contributed by atoms with E-state index in [2.05, 4.69) is 10.6 Å². The van der Waals surface area contributed by atoms with Crippen molar-refractivity contribution in [2.24, 2.45) is 5.92 Å². The topological polar surface area (TPSA) is 64.6 Å². The van der Waals surface area contributed by atoms with Crippen LogP contribution in [0.25, 0.3) is 0 Å². The molecule has 1 aliphatic heterocycles. The molecule has 124 valence electrons. The molecule has 21 heavy (non-hydrogen) atoms. The molecule has 1 rings (SSSR count). The average Bonchev–Trinajstić information content (AvgIpc) is 2.72. The van der Waals surface area contributed by atoms with Crippen molar-refractivity contribution in [3.8, 4) is 0 Å². The number of carbonyl (C=O) groups is 1. The molecule has 1 fully saturated rings. The summed E-state index contributed by atoms with van der Waals surface area (Å²) in [5.74, 6) is 0.330. The van der Waals surface area contributed by atoms with Crippen LogP contribution < -0.4 is 10.6 Å². The maximum atomic E-state index is 12.3. The fourth-order valence-electron chi connectivity index (χ4n) is 2.51. The zero-order chi connectivity index (χ0) is 16.0. The Morgan fingerprint density at radius 3 is 2.62 bits per heavy atom. The molecule has 0 saturated carbocycles. The minimum atomic E-state index is -4.21. The van der Waals surface area contributed by atoms with Gasteiger partial charge in [0.1, 0.15) is 0 Å². The number of aliphatic hydroxyl groups is 1. The maximum Gasteiger partial charge on any atom is 0.401 e. The van der Waals surface area contributed by atoms with E-state index in [1.165, 1.54) is 4.90 Å². The standard InChI is InChI=1S/C13H24F3N3O2/c1-9(2)5-11(7-20)18-12(21)17-10-3-4-19(6-10)8-13(14,15)16/h9-11,20H,3-8H2,1-2H3,(H2,17,18,21). The lowest BCUT2D eigenvalue weighted by molar-refractivity contribution is -0.143. The van der Waals surface area contributed by atoms with E-state index in [0.29, 0.717) is 25.3 Å². The summed E-state index contributed by atoms with van der Waals surface area (Å²) >= 11 is 0. The average molecular weight is 311 g/mol. The third-order valence-electron chi connectivity index (χ3n) is 3.32. The largest absolute Gasteiger partial charge is 0.401 e. The van der Waals surface area contributed by atoms with E-state index in [1.807, 2.05) is 13.8 Å². The number of likely N-dealkylation sites (tertiary alicyclic amines) is 1. The van der Waals surface area contributed by atoms with E-state index in [1.54, 1.807) is 0 Å². The van der Waals surface area contributed by atoms with E-state index >= 15 is 0 Å². The molecule has 0 aromatic heterocycles. The monoisotopic (exact) mass is 311 g/mol. The van der Waals surface area contributed by atoms with Crippen LogP contribution in [0.1, 0.15) is 26.7 Å². The summed E-state index contributed by atoms with van der Waals surface area (Å²) in [5.41, 5.74) is 0. The van der Waals surface area contributed by atoms with Gasteiger partial charge in [0.25, 0.3) is 0 Å². The number of alkyl halides is 3. The summed E-state index contributed by atoms with van der Waals surface area (Å²) in [6.07, 6.45) is -3.07. The quantitative estimate of drug-likeness (QED) is 0.693. The highest BCUT2D eigenvalue weighted by Crippen LogP contribution is 2.19. The molecule has 2 atom stereocenters. The number of aliphatic hydroxyl groups excluding tert-OH is 1. The van der Waals surface area contributed by atoms with Gasteiger partial charge in [-0.05, 0) is 18.8 Å². The summed E-state index contributed by atoms with van der Waals surface area (Å²) in [5, 5.41) is 14.5. The van der Waals surface area contributed by atoms with E-state index in [-0.39, 0.29) is 25.2 Å². The highest BCUT2D eigenvalue weighted by atomic mass is 19.4. The van der Waals surface area contributed by atoms with Gasteiger partial charge in [-0.25, -0.2) is 4.79 Å². The Hall–Kier alpha value is -1.02. The molecular formula is C13H24F3N3O2. The number of nitrogens with one attached hydrogen (secondary N) is 2. The molecule has 2 amide bonds. The number of carbonyl (C=O) groups excluding carboxylic acids is 1. The first-order valence-electron chi connectivity index (χ1n) is 7.16. The lowest BCUT2D eigenvalue weighted by Crippen LogP contribution is -2.48. The summed E-state index contributed by atoms with van der Waals surface area (Å²) < 4.78 is 36.8. The van der Waals surface area contributed by atoms with E-state index in [9.17, 15) is 23.1 Å². The van der Waals surface area contributed by atoms with Crippen molar-refractivity contribution < 1.29 is 23.1 Å². The Balaban J connectivity index is 2.32. The second-order valence-electron chi connectivity index (χ2n) is 5.96. The predicted octanol–water partition coefficient (Wildman–Crippen LogP) is 1.33. The molecule has 3 N–H and O–H groups in total. The van der Waals surface area contributed by atoms with Crippen molar-refractivity contribution in [1.29, 1.82) is 0 Å². The van der Waals surface area contributed by atoms with Gasteiger partial charge in [0.05, 0.1) is 19.2 Å². The van der Waals surface area contributed by atoms with Gasteiger partial charge in [0.2, 0.25) is 0 Å². The number of hydrogen-bond acceptors (Lipinski definition) is 3. The minimum Gasteiger partial charge on any atom is -0.394 e. The molecule has 0 aliphatic carbocycles. The van der Waals surface area contributed by atoms with Crippen LogP contribution >= 0.6 is 0 Å². The van der Waals surface area contributed by atoms with Crippen molar-refractivity contribution in [2.45, 2.75) is 44.9 Å². The number of rotatable bonds is 6. The molecule has 0 bridgehead atoms. The minimum absolute atomic E-state index is 0.156. The second kappa shape index (κ2) is 7.84. The van der Waals surface area contributed by atoms with Gasteiger partial charge in [-0.2, -0.15) is 13.2 Å². The van der Waals surface area contributed by atoms with Gasteiger partial charge >= 0.3 is 12.2 Å². The molecular weight excluding hydrogens is 287 g/mol. The van der Waals surface area contributed by atoms with Crippen molar-refractivity contribution in [3.05, 3.63) is 0 Å². The van der Waals surface area contributed by atoms with Crippen molar-refractivity contribution in [1.82, 2.24) is 15.5 Å². The van der Waals surface area contributed by atoms with E-state index < -0.39 is 18.8 Å².